The van der Waals surface area contributed by atoms with Gasteiger partial charge in [0.05, 0.1) is 23.4 Å². The minimum absolute atomic E-state index is 0.339. The van der Waals surface area contributed by atoms with Gasteiger partial charge in [-0.05, 0) is 24.3 Å². The molecule has 3 rings (SSSR count). The van der Waals surface area contributed by atoms with Crippen molar-refractivity contribution in [2.75, 3.05) is 7.11 Å². The van der Waals surface area contributed by atoms with Gasteiger partial charge < -0.3 is 4.74 Å². The first-order valence-corrected chi connectivity index (χ1v) is 8.80. The Labute approximate surface area is 142 Å². The van der Waals surface area contributed by atoms with Crippen LogP contribution in [-0.2, 0) is 10.5 Å². The minimum atomic E-state index is -0.339. The molecule has 23 heavy (non-hydrogen) atoms. The Hall–Kier alpha value is -2.18. The molecule has 2 aromatic heterocycles. The fourth-order valence-electron chi connectivity index (χ4n) is 1.98. The quantitative estimate of drug-likeness (QED) is 0.511. The van der Waals surface area contributed by atoms with E-state index in [4.69, 9.17) is 4.74 Å². The van der Waals surface area contributed by atoms with E-state index in [-0.39, 0.29) is 5.97 Å². The summed E-state index contributed by atoms with van der Waals surface area (Å²) in [6.07, 6.45) is 1.78. The fraction of sp³-hybridized carbons (Fsp3) is 0.118. The van der Waals surface area contributed by atoms with E-state index >= 15 is 0 Å². The molecule has 0 spiro atoms. The molecule has 0 aliphatic heterocycles. The second kappa shape index (κ2) is 7.39. The summed E-state index contributed by atoms with van der Waals surface area (Å²) in [5.74, 6) is 0.429. The number of thioether (sulfide) groups is 1. The minimum Gasteiger partial charge on any atom is -0.465 e. The van der Waals surface area contributed by atoms with Crippen LogP contribution in [0.3, 0.4) is 0 Å². The molecule has 6 heteroatoms. The highest BCUT2D eigenvalue weighted by Gasteiger charge is 2.10. The molecule has 0 amide bonds. The molecular weight excluding hydrogens is 328 g/mol. The molecule has 0 aliphatic carbocycles. The Morgan fingerprint density at radius 2 is 2.17 bits per heavy atom. The average Bonchev–Trinajstić information content (AvgIpc) is 3.09. The van der Waals surface area contributed by atoms with Crippen LogP contribution in [0.5, 0.6) is 0 Å². The van der Waals surface area contributed by atoms with Gasteiger partial charge in [-0.2, -0.15) is 0 Å². The molecule has 0 bridgehead atoms. The molecule has 4 nitrogen and oxygen atoms in total. The first-order valence-electron chi connectivity index (χ1n) is 6.93. The number of carbonyl (C=O) groups is 1. The molecular formula is C17H14N2O2S2. The number of carbonyl (C=O) groups excluding carboxylic acids is 1. The van der Waals surface area contributed by atoms with E-state index in [1.165, 1.54) is 7.11 Å². The van der Waals surface area contributed by atoms with Crippen molar-refractivity contribution in [1.82, 2.24) is 9.97 Å². The second-order valence-electron chi connectivity index (χ2n) is 4.67. The Kier molecular flexibility index (Phi) is 5.05. The summed E-state index contributed by atoms with van der Waals surface area (Å²) in [5, 5.41) is 3.91. The molecule has 0 N–H and O–H groups in total. The van der Waals surface area contributed by atoms with Crippen LogP contribution in [0.2, 0.25) is 0 Å². The fourth-order valence-corrected chi connectivity index (χ4v) is 3.66. The molecule has 3 aromatic rings. The summed E-state index contributed by atoms with van der Waals surface area (Å²) in [6.45, 7) is 0. The van der Waals surface area contributed by atoms with Gasteiger partial charge in [0.15, 0.2) is 0 Å². The average molecular weight is 342 g/mol. The Balaban J connectivity index is 1.73. The van der Waals surface area contributed by atoms with E-state index in [1.54, 1.807) is 41.4 Å². The van der Waals surface area contributed by atoms with Crippen LogP contribution in [0.4, 0.5) is 0 Å². The normalized spacial score (nSPS) is 10.5. The SMILES string of the molecule is COC(=O)c1cccc(-c2nc(CSc3ccccn3)cs2)c1. The molecule has 0 unspecified atom stereocenters. The molecule has 0 aliphatic rings. The van der Waals surface area contributed by atoms with Crippen molar-refractivity contribution in [3.05, 3.63) is 65.3 Å². The monoisotopic (exact) mass is 342 g/mol. The van der Waals surface area contributed by atoms with Crippen LogP contribution < -0.4 is 0 Å². The molecule has 0 radical (unpaired) electrons. The first-order chi connectivity index (χ1) is 11.3. The summed E-state index contributed by atoms with van der Waals surface area (Å²) in [6, 6.07) is 13.2. The van der Waals surface area contributed by atoms with Gasteiger partial charge in [0.2, 0.25) is 0 Å². The van der Waals surface area contributed by atoms with Crippen molar-refractivity contribution in [3.8, 4) is 10.6 Å². The van der Waals surface area contributed by atoms with Crippen LogP contribution in [0.15, 0.2) is 59.1 Å². The number of hydrogen-bond acceptors (Lipinski definition) is 6. The van der Waals surface area contributed by atoms with Gasteiger partial charge in [0, 0.05) is 22.9 Å². The Bertz CT molecular complexity index is 803. The van der Waals surface area contributed by atoms with E-state index in [2.05, 4.69) is 9.97 Å². The number of pyridine rings is 1. The predicted octanol–water partition coefficient (Wildman–Crippen LogP) is 4.28. The molecule has 0 atom stereocenters. The highest BCUT2D eigenvalue weighted by Crippen LogP contribution is 2.27. The lowest BCUT2D eigenvalue weighted by molar-refractivity contribution is 0.0601. The van der Waals surface area contributed by atoms with E-state index in [0.29, 0.717) is 5.56 Å². The zero-order chi connectivity index (χ0) is 16.1. The van der Waals surface area contributed by atoms with Crippen molar-refractivity contribution >= 4 is 29.1 Å². The third-order valence-electron chi connectivity index (χ3n) is 3.09. The maximum Gasteiger partial charge on any atom is 0.337 e. The first kappa shape index (κ1) is 15.7. The number of nitrogens with zero attached hydrogens (tertiary/aromatic N) is 2. The standard InChI is InChI=1S/C17H14N2O2S2/c1-21-17(20)13-6-4-5-12(9-13)16-19-14(11-23-16)10-22-15-7-2-3-8-18-15/h2-9,11H,10H2,1H3. The number of ether oxygens (including phenoxy) is 1. The maximum atomic E-state index is 11.6. The predicted molar refractivity (Wildman–Crippen MR) is 92.7 cm³/mol. The Morgan fingerprint density at radius 3 is 2.96 bits per heavy atom. The molecule has 0 saturated carbocycles. The topological polar surface area (TPSA) is 52.1 Å². The summed E-state index contributed by atoms with van der Waals surface area (Å²) in [4.78, 5) is 20.5. The zero-order valence-electron chi connectivity index (χ0n) is 12.4. The van der Waals surface area contributed by atoms with E-state index in [9.17, 15) is 4.79 Å². The van der Waals surface area contributed by atoms with Crippen molar-refractivity contribution in [2.24, 2.45) is 0 Å². The van der Waals surface area contributed by atoms with E-state index in [0.717, 1.165) is 27.0 Å². The van der Waals surface area contributed by atoms with Gasteiger partial charge in [-0.15, -0.1) is 23.1 Å². The van der Waals surface area contributed by atoms with Crippen molar-refractivity contribution in [2.45, 2.75) is 10.8 Å². The molecule has 116 valence electrons. The maximum absolute atomic E-state index is 11.6. The molecule has 1 aromatic carbocycles. The van der Waals surface area contributed by atoms with Gasteiger partial charge in [-0.3, -0.25) is 0 Å². The van der Waals surface area contributed by atoms with Crippen LogP contribution in [0.1, 0.15) is 16.1 Å². The number of rotatable bonds is 5. The number of aromatic nitrogens is 2. The highest BCUT2D eigenvalue weighted by molar-refractivity contribution is 7.98. The lowest BCUT2D eigenvalue weighted by Crippen LogP contribution is -2.00. The van der Waals surface area contributed by atoms with Crippen LogP contribution in [-0.4, -0.2) is 23.0 Å². The largest absolute Gasteiger partial charge is 0.465 e. The second-order valence-corrected chi connectivity index (χ2v) is 6.53. The van der Waals surface area contributed by atoms with Gasteiger partial charge in [0.1, 0.15) is 5.01 Å². The molecule has 0 fully saturated rings. The molecule has 0 saturated heterocycles. The van der Waals surface area contributed by atoms with E-state index < -0.39 is 0 Å². The highest BCUT2D eigenvalue weighted by atomic mass is 32.2. The van der Waals surface area contributed by atoms with Crippen LogP contribution >= 0.6 is 23.1 Å². The third kappa shape index (κ3) is 3.97. The summed E-state index contributed by atoms with van der Waals surface area (Å²) in [7, 11) is 1.38. The lowest BCUT2D eigenvalue weighted by atomic mass is 10.1. The number of benzene rings is 1. The van der Waals surface area contributed by atoms with E-state index in [1.807, 2.05) is 35.7 Å². The summed E-state index contributed by atoms with van der Waals surface area (Å²) in [5.41, 5.74) is 2.46. The van der Waals surface area contributed by atoms with Crippen LogP contribution in [0, 0.1) is 0 Å². The zero-order valence-corrected chi connectivity index (χ0v) is 14.1. The summed E-state index contributed by atoms with van der Waals surface area (Å²) < 4.78 is 4.75. The number of thiazole rings is 1. The third-order valence-corrected chi connectivity index (χ3v) is 5.01. The van der Waals surface area contributed by atoms with Gasteiger partial charge in [-0.1, -0.05) is 18.2 Å². The van der Waals surface area contributed by atoms with Crippen molar-refractivity contribution in [3.63, 3.8) is 0 Å². The van der Waals surface area contributed by atoms with Gasteiger partial charge >= 0.3 is 5.97 Å². The molecule has 2 heterocycles. The number of methoxy groups -OCH3 is 1. The van der Waals surface area contributed by atoms with Gasteiger partial charge in [-0.25, -0.2) is 14.8 Å². The Morgan fingerprint density at radius 1 is 1.26 bits per heavy atom. The smallest absolute Gasteiger partial charge is 0.337 e. The lowest BCUT2D eigenvalue weighted by Gasteiger charge is -2.01. The van der Waals surface area contributed by atoms with Crippen molar-refractivity contribution < 1.29 is 9.53 Å². The number of hydrogen-bond donors (Lipinski definition) is 0. The van der Waals surface area contributed by atoms with Gasteiger partial charge in [0.25, 0.3) is 0 Å². The van der Waals surface area contributed by atoms with Crippen molar-refractivity contribution in [1.29, 1.82) is 0 Å². The summed E-state index contributed by atoms with van der Waals surface area (Å²) >= 11 is 3.22. The van der Waals surface area contributed by atoms with Crippen LogP contribution in [0.25, 0.3) is 10.6 Å². The number of esters is 1.